The van der Waals surface area contributed by atoms with Gasteiger partial charge < -0.3 is 9.64 Å². The Morgan fingerprint density at radius 2 is 2.00 bits per heavy atom. The molecule has 2 fully saturated rings. The van der Waals surface area contributed by atoms with Crippen LogP contribution in [0.15, 0.2) is 12.2 Å². The van der Waals surface area contributed by atoms with Gasteiger partial charge in [0.25, 0.3) is 0 Å². The van der Waals surface area contributed by atoms with E-state index >= 15 is 0 Å². The van der Waals surface area contributed by atoms with E-state index in [9.17, 15) is 4.79 Å². The van der Waals surface area contributed by atoms with E-state index in [1.54, 1.807) is 0 Å². The van der Waals surface area contributed by atoms with Crippen LogP contribution in [0.25, 0.3) is 0 Å². The SMILES string of the molecule is C=C1CC2CCCCC2N(C(=O)OC(C)(C)C)C1. The summed E-state index contributed by atoms with van der Waals surface area (Å²) in [6, 6.07) is 0.374. The van der Waals surface area contributed by atoms with Gasteiger partial charge in [0.15, 0.2) is 0 Å². The van der Waals surface area contributed by atoms with E-state index in [4.69, 9.17) is 4.74 Å². The molecule has 1 aliphatic heterocycles. The van der Waals surface area contributed by atoms with E-state index in [1.807, 2.05) is 25.7 Å². The molecule has 2 rings (SSSR count). The van der Waals surface area contributed by atoms with Gasteiger partial charge in [0, 0.05) is 12.6 Å². The molecule has 2 atom stereocenters. The van der Waals surface area contributed by atoms with Crippen molar-refractivity contribution >= 4 is 6.09 Å². The van der Waals surface area contributed by atoms with Crippen LogP contribution in [-0.2, 0) is 4.74 Å². The molecule has 0 aromatic rings. The Morgan fingerprint density at radius 3 is 2.67 bits per heavy atom. The maximum Gasteiger partial charge on any atom is 0.410 e. The van der Waals surface area contributed by atoms with E-state index in [1.165, 1.54) is 24.8 Å². The number of amides is 1. The normalized spacial score (nSPS) is 28.8. The molecule has 1 heterocycles. The molecule has 0 bridgehead atoms. The number of piperidine rings is 1. The first-order valence-electron chi connectivity index (χ1n) is 7.03. The number of likely N-dealkylation sites (tertiary alicyclic amines) is 1. The van der Waals surface area contributed by atoms with Gasteiger partial charge in [0.1, 0.15) is 5.60 Å². The third-order valence-electron chi connectivity index (χ3n) is 3.84. The molecule has 1 aliphatic carbocycles. The van der Waals surface area contributed by atoms with E-state index in [-0.39, 0.29) is 6.09 Å². The number of hydrogen-bond donors (Lipinski definition) is 0. The zero-order valence-corrected chi connectivity index (χ0v) is 11.9. The van der Waals surface area contributed by atoms with Crippen LogP contribution in [0, 0.1) is 5.92 Å². The van der Waals surface area contributed by atoms with Crippen LogP contribution in [0.2, 0.25) is 0 Å². The number of fused-ring (bicyclic) bond motifs is 1. The zero-order chi connectivity index (χ0) is 13.3. The standard InChI is InChI=1S/C15H25NO2/c1-11-9-12-7-5-6-8-13(12)16(10-11)14(17)18-15(2,3)4/h12-13H,1,5-10H2,2-4H3. The van der Waals surface area contributed by atoms with Crippen molar-refractivity contribution in [2.24, 2.45) is 5.92 Å². The van der Waals surface area contributed by atoms with Crippen LogP contribution in [0.3, 0.4) is 0 Å². The highest BCUT2D eigenvalue weighted by Crippen LogP contribution is 2.37. The molecule has 2 unspecified atom stereocenters. The molecule has 0 radical (unpaired) electrons. The summed E-state index contributed by atoms with van der Waals surface area (Å²) in [5, 5.41) is 0. The average molecular weight is 251 g/mol. The van der Waals surface area contributed by atoms with Gasteiger partial charge in [0.05, 0.1) is 0 Å². The lowest BCUT2D eigenvalue weighted by atomic mass is 9.77. The number of nitrogens with zero attached hydrogens (tertiary/aromatic N) is 1. The molecule has 18 heavy (non-hydrogen) atoms. The van der Waals surface area contributed by atoms with Crippen molar-refractivity contribution in [3.05, 3.63) is 12.2 Å². The summed E-state index contributed by atoms with van der Waals surface area (Å²) in [6.45, 7) is 10.5. The molecule has 0 spiro atoms. The van der Waals surface area contributed by atoms with Crippen molar-refractivity contribution in [2.75, 3.05) is 6.54 Å². The number of hydrogen-bond acceptors (Lipinski definition) is 2. The fourth-order valence-corrected chi connectivity index (χ4v) is 3.15. The summed E-state index contributed by atoms with van der Waals surface area (Å²) in [7, 11) is 0. The van der Waals surface area contributed by atoms with Crippen molar-refractivity contribution in [3.63, 3.8) is 0 Å². The lowest BCUT2D eigenvalue weighted by Gasteiger charge is -2.44. The highest BCUT2D eigenvalue weighted by molar-refractivity contribution is 5.69. The quantitative estimate of drug-likeness (QED) is 0.614. The predicted octanol–water partition coefficient (Wildman–Crippen LogP) is 3.74. The van der Waals surface area contributed by atoms with Crippen LogP contribution in [0.1, 0.15) is 52.9 Å². The Morgan fingerprint density at radius 1 is 1.33 bits per heavy atom. The lowest BCUT2D eigenvalue weighted by molar-refractivity contribution is 0.000419. The van der Waals surface area contributed by atoms with Crippen LogP contribution >= 0.6 is 0 Å². The van der Waals surface area contributed by atoms with Crippen molar-refractivity contribution in [3.8, 4) is 0 Å². The summed E-state index contributed by atoms with van der Waals surface area (Å²) in [6.07, 6.45) is 5.79. The van der Waals surface area contributed by atoms with Gasteiger partial charge in [-0.1, -0.05) is 25.0 Å². The minimum atomic E-state index is -0.417. The number of carbonyl (C=O) groups excluding carboxylic acids is 1. The van der Waals surface area contributed by atoms with E-state index in [2.05, 4.69) is 6.58 Å². The fraction of sp³-hybridized carbons (Fsp3) is 0.800. The van der Waals surface area contributed by atoms with Gasteiger partial charge >= 0.3 is 6.09 Å². The highest BCUT2D eigenvalue weighted by atomic mass is 16.6. The summed E-state index contributed by atoms with van der Waals surface area (Å²) >= 11 is 0. The summed E-state index contributed by atoms with van der Waals surface area (Å²) in [4.78, 5) is 14.2. The molecule has 102 valence electrons. The molecular weight excluding hydrogens is 226 g/mol. The first-order valence-corrected chi connectivity index (χ1v) is 7.03. The molecule has 3 nitrogen and oxygen atoms in total. The molecule has 3 heteroatoms. The van der Waals surface area contributed by atoms with Crippen molar-refractivity contribution < 1.29 is 9.53 Å². The Hall–Kier alpha value is -0.990. The fourth-order valence-electron chi connectivity index (χ4n) is 3.15. The average Bonchev–Trinajstić information content (AvgIpc) is 2.25. The van der Waals surface area contributed by atoms with Gasteiger partial charge in [-0.3, -0.25) is 0 Å². The molecule has 0 aromatic heterocycles. The Kier molecular flexibility index (Phi) is 3.69. The monoisotopic (exact) mass is 251 g/mol. The topological polar surface area (TPSA) is 29.5 Å². The minimum absolute atomic E-state index is 0.166. The molecule has 0 aromatic carbocycles. The van der Waals surface area contributed by atoms with Gasteiger partial charge in [-0.25, -0.2) is 4.79 Å². The molecule has 0 N–H and O–H groups in total. The molecule has 1 saturated carbocycles. The molecular formula is C15H25NO2. The number of ether oxygens (including phenoxy) is 1. The van der Waals surface area contributed by atoms with Gasteiger partial charge in [-0.05, 0) is 46.0 Å². The molecule has 1 saturated heterocycles. The van der Waals surface area contributed by atoms with Gasteiger partial charge in [-0.2, -0.15) is 0 Å². The summed E-state index contributed by atoms with van der Waals surface area (Å²) in [5.74, 6) is 0.604. The van der Waals surface area contributed by atoms with Crippen molar-refractivity contribution in [1.29, 1.82) is 0 Å². The van der Waals surface area contributed by atoms with E-state index < -0.39 is 5.60 Å². The summed E-state index contributed by atoms with van der Waals surface area (Å²) < 4.78 is 5.52. The van der Waals surface area contributed by atoms with Crippen molar-refractivity contribution in [1.82, 2.24) is 4.90 Å². The number of carbonyl (C=O) groups is 1. The minimum Gasteiger partial charge on any atom is -0.444 e. The Bertz CT molecular complexity index is 343. The third kappa shape index (κ3) is 3.06. The largest absolute Gasteiger partial charge is 0.444 e. The van der Waals surface area contributed by atoms with E-state index in [0.29, 0.717) is 18.5 Å². The van der Waals surface area contributed by atoms with Gasteiger partial charge in [-0.15, -0.1) is 0 Å². The van der Waals surface area contributed by atoms with Crippen LogP contribution in [0.4, 0.5) is 4.79 Å². The maximum absolute atomic E-state index is 12.3. The van der Waals surface area contributed by atoms with Gasteiger partial charge in [0.2, 0.25) is 0 Å². The second-order valence-corrected chi connectivity index (χ2v) is 6.67. The maximum atomic E-state index is 12.3. The zero-order valence-electron chi connectivity index (χ0n) is 11.9. The first kappa shape index (κ1) is 13.4. The highest BCUT2D eigenvalue weighted by Gasteiger charge is 2.38. The second-order valence-electron chi connectivity index (χ2n) is 6.67. The van der Waals surface area contributed by atoms with Crippen LogP contribution in [-0.4, -0.2) is 29.2 Å². The molecule has 2 aliphatic rings. The lowest BCUT2D eigenvalue weighted by Crippen LogP contribution is -2.51. The Balaban J connectivity index is 2.09. The predicted molar refractivity (Wildman–Crippen MR) is 72.4 cm³/mol. The van der Waals surface area contributed by atoms with Crippen molar-refractivity contribution in [2.45, 2.75) is 64.5 Å². The number of rotatable bonds is 0. The second kappa shape index (κ2) is 4.94. The summed E-state index contributed by atoms with van der Waals surface area (Å²) in [5.41, 5.74) is 0.754. The third-order valence-corrected chi connectivity index (χ3v) is 3.84. The van der Waals surface area contributed by atoms with E-state index in [0.717, 1.165) is 12.8 Å². The van der Waals surface area contributed by atoms with Crippen LogP contribution < -0.4 is 0 Å². The molecule has 1 amide bonds. The first-order chi connectivity index (χ1) is 8.37. The smallest absolute Gasteiger partial charge is 0.410 e. The Labute approximate surface area is 110 Å². The van der Waals surface area contributed by atoms with Crippen LogP contribution in [0.5, 0.6) is 0 Å².